The van der Waals surface area contributed by atoms with E-state index < -0.39 is 10.1 Å². The summed E-state index contributed by atoms with van der Waals surface area (Å²) in [6, 6.07) is 11.7. The van der Waals surface area contributed by atoms with Crippen LogP contribution in [-0.4, -0.2) is 15.0 Å². The first-order chi connectivity index (χ1) is 10.4. The van der Waals surface area contributed by atoms with Gasteiger partial charge in [-0.1, -0.05) is 19.1 Å². The Labute approximate surface area is 131 Å². The maximum Gasteiger partial charge on any atom is 0.339 e. The van der Waals surface area contributed by atoms with Gasteiger partial charge in [0.15, 0.2) is 0 Å². The molecule has 5 heteroatoms. The molecule has 0 aliphatic carbocycles. The Morgan fingerprint density at radius 1 is 0.955 bits per heavy atom. The van der Waals surface area contributed by atoms with E-state index in [9.17, 15) is 8.42 Å². The summed E-state index contributed by atoms with van der Waals surface area (Å²) in [7, 11) is -3.85. The second-order valence-corrected chi connectivity index (χ2v) is 6.73. The molecule has 0 atom stereocenters. The summed E-state index contributed by atoms with van der Waals surface area (Å²) in [6.45, 7) is 6.29. The Kier molecular flexibility index (Phi) is 5.08. The van der Waals surface area contributed by atoms with Crippen LogP contribution in [0.3, 0.4) is 0 Å². The summed E-state index contributed by atoms with van der Waals surface area (Å²) in [5.41, 5.74) is 1.74. The Morgan fingerprint density at radius 2 is 1.68 bits per heavy atom. The summed E-state index contributed by atoms with van der Waals surface area (Å²) in [5, 5.41) is 0. The molecule has 0 bridgehead atoms. The van der Waals surface area contributed by atoms with E-state index in [0.717, 1.165) is 17.5 Å². The van der Waals surface area contributed by atoms with E-state index in [0.29, 0.717) is 12.4 Å². The largest absolute Gasteiger partial charge is 0.493 e. The summed E-state index contributed by atoms with van der Waals surface area (Å²) in [4.78, 5) is 0.144. The van der Waals surface area contributed by atoms with Gasteiger partial charge in [-0.25, -0.2) is 0 Å². The molecule has 4 nitrogen and oxygen atoms in total. The molecule has 2 aromatic carbocycles. The van der Waals surface area contributed by atoms with Gasteiger partial charge in [0.1, 0.15) is 16.4 Å². The smallest absolute Gasteiger partial charge is 0.339 e. The normalized spacial score (nSPS) is 11.2. The molecular weight excluding hydrogens is 300 g/mol. The third kappa shape index (κ3) is 4.24. The first-order valence-corrected chi connectivity index (χ1v) is 8.57. The van der Waals surface area contributed by atoms with Crippen molar-refractivity contribution in [3.63, 3.8) is 0 Å². The predicted octanol–water partition coefficient (Wildman–Crippen LogP) is 3.86. The van der Waals surface area contributed by atoms with E-state index in [1.54, 1.807) is 24.3 Å². The fourth-order valence-electron chi connectivity index (χ4n) is 2.01. The van der Waals surface area contributed by atoms with Crippen LogP contribution in [0, 0.1) is 13.8 Å². The van der Waals surface area contributed by atoms with Gasteiger partial charge in [-0.05, 0) is 55.7 Å². The quantitative estimate of drug-likeness (QED) is 0.758. The maximum absolute atomic E-state index is 12.3. The number of ether oxygens (including phenoxy) is 1. The van der Waals surface area contributed by atoms with Crippen LogP contribution in [0.5, 0.6) is 11.5 Å². The van der Waals surface area contributed by atoms with Crippen molar-refractivity contribution >= 4 is 10.1 Å². The van der Waals surface area contributed by atoms with Crippen LogP contribution >= 0.6 is 0 Å². The van der Waals surface area contributed by atoms with Gasteiger partial charge in [0, 0.05) is 6.07 Å². The molecule has 118 valence electrons. The fourth-order valence-corrected chi connectivity index (χ4v) is 3.03. The number of rotatable bonds is 6. The highest BCUT2D eigenvalue weighted by atomic mass is 32.2. The molecule has 0 amide bonds. The van der Waals surface area contributed by atoms with Gasteiger partial charge in [0.25, 0.3) is 0 Å². The second kappa shape index (κ2) is 6.83. The Balaban J connectivity index is 2.27. The average Bonchev–Trinajstić information content (AvgIpc) is 2.44. The van der Waals surface area contributed by atoms with Crippen LogP contribution in [0.4, 0.5) is 0 Å². The molecule has 0 N–H and O–H groups in total. The van der Waals surface area contributed by atoms with Gasteiger partial charge < -0.3 is 8.92 Å². The van der Waals surface area contributed by atoms with E-state index >= 15 is 0 Å². The molecule has 0 saturated heterocycles. The first kappa shape index (κ1) is 16.4. The summed E-state index contributed by atoms with van der Waals surface area (Å²) >= 11 is 0. The Bertz CT molecular complexity index is 751. The van der Waals surface area contributed by atoms with Crippen LogP contribution in [0.1, 0.15) is 24.5 Å². The van der Waals surface area contributed by atoms with E-state index in [-0.39, 0.29) is 10.6 Å². The van der Waals surface area contributed by atoms with E-state index in [4.69, 9.17) is 8.92 Å². The van der Waals surface area contributed by atoms with Crippen molar-refractivity contribution in [3.05, 3.63) is 53.6 Å². The fraction of sp³-hybridized carbons (Fsp3) is 0.294. The van der Waals surface area contributed by atoms with E-state index in [1.807, 2.05) is 32.9 Å². The average molecular weight is 320 g/mol. The minimum atomic E-state index is -3.85. The molecule has 22 heavy (non-hydrogen) atoms. The third-order valence-electron chi connectivity index (χ3n) is 2.98. The summed E-state index contributed by atoms with van der Waals surface area (Å²) in [5.74, 6) is 0.865. The van der Waals surface area contributed by atoms with Crippen molar-refractivity contribution in [1.29, 1.82) is 0 Å². The zero-order valence-electron chi connectivity index (χ0n) is 13.0. The zero-order chi connectivity index (χ0) is 16.2. The molecule has 0 heterocycles. The maximum atomic E-state index is 12.3. The lowest BCUT2D eigenvalue weighted by Crippen LogP contribution is -2.10. The minimum absolute atomic E-state index is 0.144. The summed E-state index contributed by atoms with van der Waals surface area (Å²) in [6.07, 6.45) is 0.881. The minimum Gasteiger partial charge on any atom is -0.493 e. The zero-order valence-corrected chi connectivity index (χ0v) is 13.8. The highest BCUT2D eigenvalue weighted by molar-refractivity contribution is 7.87. The molecule has 0 spiro atoms. The molecule has 0 radical (unpaired) electrons. The van der Waals surface area contributed by atoms with Crippen molar-refractivity contribution in [2.24, 2.45) is 0 Å². The van der Waals surface area contributed by atoms with E-state index in [2.05, 4.69) is 0 Å². The summed E-state index contributed by atoms with van der Waals surface area (Å²) < 4.78 is 35.4. The third-order valence-corrected chi connectivity index (χ3v) is 4.22. The Hall–Kier alpha value is -2.01. The molecule has 0 aliphatic heterocycles. The monoisotopic (exact) mass is 320 g/mol. The number of benzene rings is 2. The van der Waals surface area contributed by atoms with Crippen molar-refractivity contribution in [1.82, 2.24) is 0 Å². The molecular formula is C17H20O4S. The van der Waals surface area contributed by atoms with Crippen LogP contribution in [0.15, 0.2) is 47.4 Å². The SMILES string of the molecule is CCCOc1cc(C)cc(OS(=O)(=O)c2cccc(C)c2)c1. The lowest BCUT2D eigenvalue weighted by atomic mass is 10.2. The van der Waals surface area contributed by atoms with Crippen LogP contribution in [0.2, 0.25) is 0 Å². The molecule has 2 rings (SSSR count). The lowest BCUT2D eigenvalue weighted by molar-refractivity contribution is 0.316. The number of hydrogen-bond acceptors (Lipinski definition) is 4. The van der Waals surface area contributed by atoms with Gasteiger partial charge in [-0.3, -0.25) is 0 Å². The Morgan fingerprint density at radius 3 is 2.36 bits per heavy atom. The topological polar surface area (TPSA) is 52.6 Å². The standard InChI is InChI=1S/C17H20O4S/c1-4-8-20-15-9-14(3)10-16(12-15)21-22(18,19)17-7-5-6-13(2)11-17/h5-7,9-12H,4,8H2,1-3H3. The van der Waals surface area contributed by atoms with Crippen molar-refractivity contribution < 1.29 is 17.3 Å². The number of aryl methyl sites for hydroxylation is 2. The molecule has 0 aromatic heterocycles. The van der Waals surface area contributed by atoms with Crippen molar-refractivity contribution in [3.8, 4) is 11.5 Å². The van der Waals surface area contributed by atoms with Gasteiger partial charge in [0.05, 0.1) is 6.61 Å². The highest BCUT2D eigenvalue weighted by Crippen LogP contribution is 2.26. The van der Waals surface area contributed by atoms with Crippen LogP contribution in [0.25, 0.3) is 0 Å². The van der Waals surface area contributed by atoms with Crippen molar-refractivity contribution in [2.75, 3.05) is 6.61 Å². The molecule has 0 aliphatic rings. The lowest BCUT2D eigenvalue weighted by Gasteiger charge is -2.11. The van der Waals surface area contributed by atoms with Gasteiger partial charge in [-0.15, -0.1) is 0 Å². The van der Waals surface area contributed by atoms with Crippen LogP contribution < -0.4 is 8.92 Å². The van der Waals surface area contributed by atoms with Gasteiger partial charge in [0.2, 0.25) is 0 Å². The molecule has 0 saturated carbocycles. The second-order valence-electron chi connectivity index (χ2n) is 5.18. The van der Waals surface area contributed by atoms with Crippen LogP contribution in [-0.2, 0) is 10.1 Å². The highest BCUT2D eigenvalue weighted by Gasteiger charge is 2.17. The van der Waals surface area contributed by atoms with E-state index in [1.165, 1.54) is 6.07 Å². The molecule has 0 unspecified atom stereocenters. The molecule has 2 aromatic rings. The van der Waals surface area contributed by atoms with Crippen molar-refractivity contribution in [2.45, 2.75) is 32.1 Å². The van der Waals surface area contributed by atoms with Gasteiger partial charge >= 0.3 is 10.1 Å². The first-order valence-electron chi connectivity index (χ1n) is 7.16. The van der Waals surface area contributed by atoms with Gasteiger partial charge in [-0.2, -0.15) is 8.42 Å². The number of hydrogen-bond donors (Lipinski definition) is 0. The predicted molar refractivity (Wildman–Crippen MR) is 86.0 cm³/mol. The molecule has 0 fully saturated rings.